The molecule has 0 saturated carbocycles. The normalized spacial score (nSPS) is 14.0. The maximum absolute atomic E-state index is 2.68. The third-order valence-electron chi connectivity index (χ3n) is 14.9. The Hall–Kier alpha value is -7.66. The van der Waals surface area contributed by atoms with E-state index in [9.17, 15) is 0 Å². The summed E-state index contributed by atoms with van der Waals surface area (Å²) in [5.41, 5.74) is 22.8. The molecule has 0 N–H and O–H groups in total. The van der Waals surface area contributed by atoms with E-state index in [0.717, 1.165) is 0 Å². The summed E-state index contributed by atoms with van der Waals surface area (Å²) in [6.45, 7) is 7.00. The van der Waals surface area contributed by atoms with Gasteiger partial charge in [-0.05, 0) is 139 Å². The lowest BCUT2D eigenvalue weighted by molar-refractivity contribution is 0.660. The summed E-state index contributed by atoms with van der Waals surface area (Å²) in [5.74, 6) is 0. The van der Waals surface area contributed by atoms with Crippen molar-refractivity contribution in [3.05, 3.63) is 223 Å². The fraction of sp³-hybridized carbons (Fsp3) is 0.0645. The summed E-state index contributed by atoms with van der Waals surface area (Å²) in [6.07, 6.45) is 0. The maximum Gasteiger partial charge on any atom is 0.333 e. The van der Waals surface area contributed by atoms with E-state index >= 15 is 0 Å². The molecule has 10 aromatic carbocycles. The van der Waals surface area contributed by atoms with Crippen LogP contribution in [0.3, 0.4) is 0 Å². The summed E-state index contributed by atoms with van der Waals surface area (Å²) in [6, 6.07) is 77.6. The smallest absolute Gasteiger partial charge is 0.333 e. The van der Waals surface area contributed by atoms with Crippen molar-refractivity contribution < 1.29 is 0 Å². The molecule has 4 heteroatoms. The number of hydrogen-bond acceptors (Lipinski definition) is 3. The zero-order valence-corrected chi connectivity index (χ0v) is 37.8. The SMILES string of the molecule is Cc1cc(-c2ccccc2)ccc1N1c2cc3c(cc2B2c4c(cc5c(sc6ccccc65)c41)-c1cc4ccccc4cc1N2c1ccc(-c2ccccc2)cc1)-c1ccccc1C3(C)C. The Labute approximate surface area is 389 Å². The lowest BCUT2D eigenvalue weighted by atomic mass is 9.43. The van der Waals surface area contributed by atoms with Crippen LogP contribution in [0.4, 0.5) is 28.4 Å². The molecule has 2 aliphatic heterocycles. The molecule has 3 heterocycles. The Morgan fingerprint density at radius 1 is 0.455 bits per heavy atom. The molecule has 0 atom stereocenters. The largest absolute Gasteiger partial charge is 0.376 e. The van der Waals surface area contributed by atoms with Gasteiger partial charge in [0, 0.05) is 49.2 Å². The molecule has 0 spiro atoms. The maximum atomic E-state index is 2.68. The topological polar surface area (TPSA) is 6.48 Å². The molecule has 310 valence electrons. The van der Waals surface area contributed by atoms with Crippen molar-refractivity contribution in [2.75, 3.05) is 9.71 Å². The van der Waals surface area contributed by atoms with Gasteiger partial charge in [0.15, 0.2) is 0 Å². The van der Waals surface area contributed by atoms with Crippen molar-refractivity contribution in [3.63, 3.8) is 0 Å². The molecule has 2 nitrogen and oxygen atoms in total. The monoisotopic (exact) mass is 858 g/mol. The van der Waals surface area contributed by atoms with Crippen molar-refractivity contribution in [2.45, 2.75) is 26.2 Å². The first-order valence-corrected chi connectivity index (χ1v) is 23.9. The van der Waals surface area contributed by atoms with E-state index in [1.807, 2.05) is 11.3 Å². The Morgan fingerprint density at radius 3 is 1.88 bits per heavy atom. The van der Waals surface area contributed by atoms with Crippen LogP contribution in [0, 0.1) is 6.92 Å². The number of nitrogens with zero attached hydrogens (tertiary/aromatic N) is 2. The Balaban J connectivity index is 1.13. The van der Waals surface area contributed by atoms with Crippen molar-refractivity contribution in [3.8, 4) is 44.5 Å². The van der Waals surface area contributed by atoms with Gasteiger partial charge in [-0.25, -0.2) is 0 Å². The summed E-state index contributed by atoms with van der Waals surface area (Å²) < 4.78 is 2.63. The van der Waals surface area contributed by atoms with Crippen LogP contribution in [-0.4, -0.2) is 6.85 Å². The standard InChI is InChI=1S/C62H43BN2S/c1-38-32-44(40-18-8-5-9-19-40)28-31-55(38)64-57-37-53-48(46-22-12-14-24-52(46)62(53,2)3)36-54(57)63-59-50(35-51-47-23-13-15-25-58(47)66-61(51)60(59)64)49-33-42-20-10-11-21-43(42)34-56(49)65(63)45-29-26-41(27-30-45)39-16-6-4-7-17-39/h4-37H,1-3H3. The van der Waals surface area contributed by atoms with E-state index in [1.165, 1.54) is 132 Å². The molecule has 14 rings (SSSR count). The van der Waals surface area contributed by atoms with E-state index in [1.54, 1.807) is 0 Å². The average Bonchev–Trinajstić information content (AvgIpc) is 3.85. The number of anilines is 5. The molecular formula is C62H43BN2S. The lowest BCUT2D eigenvalue weighted by Gasteiger charge is -2.46. The number of hydrogen-bond donors (Lipinski definition) is 0. The molecule has 3 aliphatic rings. The summed E-state index contributed by atoms with van der Waals surface area (Å²) in [4.78, 5) is 5.36. The Kier molecular flexibility index (Phi) is 7.95. The highest BCUT2D eigenvalue weighted by molar-refractivity contribution is 7.26. The number of fused-ring (bicyclic) bond motifs is 12. The van der Waals surface area contributed by atoms with Crippen LogP contribution in [0.2, 0.25) is 0 Å². The van der Waals surface area contributed by atoms with Crippen LogP contribution >= 0.6 is 11.3 Å². The summed E-state index contributed by atoms with van der Waals surface area (Å²) in [7, 11) is 0. The van der Waals surface area contributed by atoms with Crippen molar-refractivity contribution >= 4 is 88.5 Å². The number of rotatable bonds is 4. The molecule has 0 bridgehead atoms. The van der Waals surface area contributed by atoms with Gasteiger partial charge in [-0.3, -0.25) is 0 Å². The highest BCUT2D eigenvalue weighted by Crippen LogP contribution is 2.56. The molecule has 1 aromatic heterocycles. The molecule has 0 radical (unpaired) electrons. The first-order valence-electron chi connectivity index (χ1n) is 23.1. The minimum absolute atomic E-state index is 0.128. The zero-order chi connectivity index (χ0) is 43.8. The Bertz CT molecular complexity index is 3810. The molecular weight excluding hydrogens is 816 g/mol. The quantitative estimate of drug-likeness (QED) is 0.163. The van der Waals surface area contributed by atoms with Crippen LogP contribution in [-0.2, 0) is 5.41 Å². The second kappa shape index (κ2) is 13.9. The molecule has 0 unspecified atom stereocenters. The second-order valence-corrected chi connectivity index (χ2v) is 19.9. The van der Waals surface area contributed by atoms with Crippen molar-refractivity contribution in [1.29, 1.82) is 0 Å². The number of aryl methyl sites for hydroxylation is 1. The van der Waals surface area contributed by atoms with Crippen molar-refractivity contribution in [2.24, 2.45) is 0 Å². The third kappa shape index (κ3) is 5.31. The van der Waals surface area contributed by atoms with Gasteiger partial charge in [0.1, 0.15) is 0 Å². The van der Waals surface area contributed by atoms with Gasteiger partial charge in [0.05, 0.1) is 10.4 Å². The van der Waals surface area contributed by atoms with Gasteiger partial charge in [0.2, 0.25) is 0 Å². The van der Waals surface area contributed by atoms with Gasteiger partial charge >= 0.3 is 6.85 Å². The average molecular weight is 859 g/mol. The number of thiophene rings is 1. The van der Waals surface area contributed by atoms with Gasteiger partial charge in [-0.1, -0.05) is 166 Å². The van der Waals surface area contributed by atoms with E-state index < -0.39 is 0 Å². The van der Waals surface area contributed by atoms with E-state index in [4.69, 9.17) is 0 Å². The molecule has 1 aliphatic carbocycles. The summed E-state index contributed by atoms with van der Waals surface area (Å²) in [5, 5.41) is 5.10. The van der Waals surface area contributed by atoms with Crippen LogP contribution in [0.5, 0.6) is 0 Å². The highest BCUT2D eigenvalue weighted by Gasteiger charge is 2.48. The second-order valence-electron chi connectivity index (χ2n) is 18.9. The Morgan fingerprint density at radius 2 is 1.11 bits per heavy atom. The van der Waals surface area contributed by atoms with Gasteiger partial charge in [0.25, 0.3) is 0 Å². The zero-order valence-electron chi connectivity index (χ0n) is 37.0. The fourth-order valence-electron chi connectivity index (χ4n) is 11.8. The van der Waals surface area contributed by atoms with Crippen LogP contribution < -0.4 is 20.6 Å². The molecule has 66 heavy (non-hydrogen) atoms. The van der Waals surface area contributed by atoms with Gasteiger partial charge in [-0.15, -0.1) is 11.3 Å². The van der Waals surface area contributed by atoms with E-state index in [0.29, 0.717) is 0 Å². The minimum Gasteiger partial charge on any atom is -0.376 e. The van der Waals surface area contributed by atoms with Crippen LogP contribution in [0.1, 0.15) is 30.5 Å². The lowest BCUT2D eigenvalue weighted by Crippen LogP contribution is -2.61. The van der Waals surface area contributed by atoms with Gasteiger partial charge < -0.3 is 9.71 Å². The molecule has 11 aromatic rings. The number of benzene rings is 10. The summed E-state index contributed by atoms with van der Waals surface area (Å²) >= 11 is 1.94. The first kappa shape index (κ1) is 37.7. The predicted octanol–water partition coefficient (Wildman–Crippen LogP) is 15.9. The van der Waals surface area contributed by atoms with Crippen LogP contribution in [0.15, 0.2) is 206 Å². The fourth-order valence-corrected chi connectivity index (χ4v) is 13.0. The molecule has 0 fully saturated rings. The van der Waals surface area contributed by atoms with Gasteiger partial charge in [-0.2, -0.15) is 0 Å². The molecule has 0 saturated heterocycles. The van der Waals surface area contributed by atoms with Crippen molar-refractivity contribution in [1.82, 2.24) is 0 Å². The highest BCUT2D eigenvalue weighted by atomic mass is 32.1. The first-order chi connectivity index (χ1) is 32.4. The van der Waals surface area contributed by atoms with E-state index in [2.05, 4.69) is 237 Å². The van der Waals surface area contributed by atoms with E-state index in [-0.39, 0.29) is 12.3 Å². The molecule has 0 amide bonds. The minimum atomic E-state index is -0.182. The van der Waals surface area contributed by atoms with Crippen LogP contribution in [0.25, 0.3) is 75.5 Å². The third-order valence-corrected chi connectivity index (χ3v) is 16.1. The predicted molar refractivity (Wildman–Crippen MR) is 284 cm³/mol.